The molecule has 134 valence electrons. The van der Waals surface area contributed by atoms with Gasteiger partial charge in [0.2, 0.25) is 0 Å². The van der Waals surface area contributed by atoms with Gasteiger partial charge >= 0.3 is 12.3 Å². The molecule has 2 aromatic rings. The Labute approximate surface area is 142 Å². The molecule has 0 aliphatic heterocycles. The number of hydrogen-bond acceptors (Lipinski definition) is 4. The second kappa shape index (κ2) is 5.86. The molecule has 5 nitrogen and oxygen atoms in total. The third-order valence-corrected chi connectivity index (χ3v) is 3.66. The van der Waals surface area contributed by atoms with Gasteiger partial charge in [0.05, 0.1) is 22.9 Å². The molecule has 0 radical (unpaired) electrons. The molecule has 0 aromatic carbocycles. The van der Waals surface area contributed by atoms with Crippen LogP contribution in [0.1, 0.15) is 50.8 Å². The van der Waals surface area contributed by atoms with Crippen LogP contribution in [0.3, 0.4) is 0 Å². The number of pyridine rings is 2. The minimum atomic E-state index is -4.54. The average molecular weight is 353 g/mol. The van der Waals surface area contributed by atoms with Gasteiger partial charge in [-0.25, -0.2) is 9.78 Å². The fourth-order valence-corrected chi connectivity index (χ4v) is 2.54. The number of nitrogens with zero attached hydrogens (tertiary/aromatic N) is 2. The smallest absolute Gasteiger partial charge is 0.433 e. The first-order chi connectivity index (χ1) is 11.5. The van der Waals surface area contributed by atoms with Crippen LogP contribution in [0.15, 0.2) is 18.3 Å². The summed E-state index contributed by atoms with van der Waals surface area (Å²) in [7, 11) is 0. The number of hydrogen-bond donors (Lipinski definition) is 1. The van der Waals surface area contributed by atoms with E-state index in [4.69, 9.17) is 4.74 Å². The Morgan fingerprint density at radius 1 is 1.24 bits per heavy atom. The van der Waals surface area contributed by atoms with Crippen molar-refractivity contribution in [1.29, 1.82) is 0 Å². The summed E-state index contributed by atoms with van der Waals surface area (Å²) in [6.45, 7) is 5.18. The lowest BCUT2D eigenvalue weighted by Crippen LogP contribution is -2.27. The van der Waals surface area contributed by atoms with E-state index in [1.54, 1.807) is 20.8 Å². The number of rotatable bonds is 2. The van der Waals surface area contributed by atoms with Crippen molar-refractivity contribution in [2.75, 3.05) is 5.32 Å². The quantitative estimate of drug-likeness (QED) is 0.836. The lowest BCUT2D eigenvalue weighted by atomic mass is 10.1. The molecule has 1 amide bonds. The van der Waals surface area contributed by atoms with Gasteiger partial charge in [0.15, 0.2) is 0 Å². The van der Waals surface area contributed by atoms with E-state index >= 15 is 0 Å². The summed E-state index contributed by atoms with van der Waals surface area (Å²) in [4.78, 5) is 19.9. The Kier molecular flexibility index (Phi) is 4.09. The standard InChI is InChI=1S/C17H18F3N3O2/c1-16(2,3)25-15(24)22-11-8-21-10-6-7-12(17(18,19)20)23-14(10)13(11)9-4-5-9/h6-9H,4-5H2,1-3H3,(H,22,24). The van der Waals surface area contributed by atoms with Crippen LogP contribution in [0, 0.1) is 0 Å². The normalized spacial score (nSPS) is 15.3. The Balaban J connectivity index is 2.04. The Bertz CT molecular complexity index is 824. The number of carbonyl (C=O) groups is 1. The highest BCUT2D eigenvalue weighted by molar-refractivity contribution is 5.92. The van der Waals surface area contributed by atoms with Crippen molar-refractivity contribution in [2.45, 2.75) is 51.3 Å². The van der Waals surface area contributed by atoms with Crippen LogP contribution in [-0.2, 0) is 10.9 Å². The van der Waals surface area contributed by atoms with Crippen molar-refractivity contribution >= 4 is 22.8 Å². The number of amides is 1. The molecule has 1 aliphatic rings. The van der Waals surface area contributed by atoms with Crippen molar-refractivity contribution in [3.63, 3.8) is 0 Å². The third kappa shape index (κ3) is 4.00. The number of fused-ring (bicyclic) bond motifs is 1. The average Bonchev–Trinajstić information content (AvgIpc) is 3.27. The summed E-state index contributed by atoms with van der Waals surface area (Å²) >= 11 is 0. The number of halogens is 3. The minimum Gasteiger partial charge on any atom is -0.444 e. The summed E-state index contributed by atoms with van der Waals surface area (Å²) in [5.74, 6) is 0.0615. The van der Waals surface area contributed by atoms with Gasteiger partial charge in [0, 0.05) is 5.56 Å². The second-order valence-electron chi connectivity index (χ2n) is 7.05. The molecule has 1 N–H and O–H groups in total. The maximum atomic E-state index is 13.0. The fourth-order valence-electron chi connectivity index (χ4n) is 2.54. The fraction of sp³-hybridized carbons (Fsp3) is 0.471. The molecule has 1 fully saturated rings. The molecule has 0 spiro atoms. The van der Waals surface area contributed by atoms with Crippen LogP contribution in [0.4, 0.5) is 23.7 Å². The van der Waals surface area contributed by atoms with Crippen molar-refractivity contribution in [3.05, 3.63) is 29.6 Å². The summed E-state index contributed by atoms with van der Waals surface area (Å²) in [5, 5.41) is 2.59. The zero-order valence-electron chi connectivity index (χ0n) is 14.1. The van der Waals surface area contributed by atoms with E-state index in [9.17, 15) is 18.0 Å². The molecule has 2 aromatic heterocycles. The van der Waals surface area contributed by atoms with Gasteiger partial charge in [-0.05, 0) is 51.7 Å². The Morgan fingerprint density at radius 3 is 2.48 bits per heavy atom. The van der Waals surface area contributed by atoms with Gasteiger partial charge in [0.25, 0.3) is 0 Å². The van der Waals surface area contributed by atoms with E-state index in [0.717, 1.165) is 18.9 Å². The lowest BCUT2D eigenvalue weighted by Gasteiger charge is -2.20. The van der Waals surface area contributed by atoms with Gasteiger partial charge in [-0.3, -0.25) is 10.3 Å². The third-order valence-electron chi connectivity index (χ3n) is 3.66. The molecule has 1 saturated carbocycles. The first-order valence-electron chi connectivity index (χ1n) is 7.91. The van der Waals surface area contributed by atoms with E-state index in [1.807, 2.05) is 0 Å². The molecule has 0 bridgehead atoms. The first kappa shape index (κ1) is 17.4. The van der Waals surface area contributed by atoms with Crippen LogP contribution < -0.4 is 5.32 Å². The van der Waals surface area contributed by atoms with Gasteiger partial charge in [0.1, 0.15) is 11.3 Å². The second-order valence-corrected chi connectivity index (χ2v) is 7.05. The molecule has 1 aliphatic carbocycles. The molecule has 0 unspecified atom stereocenters. The Hall–Kier alpha value is -2.38. The summed E-state index contributed by atoms with van der Waals surface area (Å²) in [6, 6.07) is 2.21. The number of ether oxygens (including phenoxy) is 1. The van der Waals surface area contributed by atoms with Gasteiger partial charge < -0.3 is 4.74 Å². The van der Waals surface area contributed by atoms with Crippen molar-refractivity contribution < 1.29 is 22.7 Å². The zero-order valence-corrected chi connectivity index (χ0v) is 14.1. The van der Waals surface area contributed by atoms with E-state index < -0.39 is 23.6 Å². The molecule has 0 atom stereocenters. The van der Waals surface area contributed by atoms with Crippen LogP contribution in [-0.4, -0.2) is 21.7 Å². The van der Waals surface area contributed by atoms with Crippen LogP contribution in [0.25, 0.3) is 11.0 Å². The maximum Gasteiger partial charge on any atom is 0.433 e. The van der Waals surface area contributed by atoms with Gasteiger partial charge in [-0.15, -0.1) is 0 Å². The molecule has 8 heteroatoms. The highest BCUT2D eigenvalue weighted by Gasteiger charge is 2.35. The van der Waals surface area contributed by atoms with Crippen molar-refractivity contribution in [1.82, 2.24) is 9.97 Å². The number of alkyl halides is 3. The number of anilines is 1. The predicted molar refractivity (Wildman–Crippen MR) is 86.4 cm³/mol. The van der Waals surface area contributed by atoms with Gasteiger partial charge in [-0.1, -0.05) is 0 Å². The molecular weight excluding hydrogens is 335 g/mol. The first-order valence-corrected chi connectivity index (χ1v) is 7.91. The zero-order chi connectivity index (χ0) is 18.4. The topological polar surface area (TPSA) is 64.1 Å². The van der Waals surface area contributed by atoms with Crippen LogP contribution >= 0.6 is 0 Å². The molecule has 2 heterocycles. The van der Waals surface area contributed by atoms with E-state index in [2.05, 4.69) is 15.3 Å². The molecular formula is C17H18F3N3O2. The van der Waals surface area contributed by atoms with Crippen molar-refractivity contribution in [3.8, 4) is 0 Å². The summed E-state index contributed by atoms with van der Waals surface area (Å²) in [5.41, 5.74) is -0.192. The molecule has 0 saturated heterocycles. The van der Waals surface area contributed by atoms with E-state index in [-0.39, 0.29) is 11.4 Å². The largest absolute Gasteiger partial charge is 0.444 e. The summed E-state index contributed by atoms with van der Waals surface area (Å²) < 4.78 is 44.2. The minimum absolute atomic E-state index is 0.0615. The van der Waals surface area contributed by atoms with E-state index in [0.29, 0.717) is 16.8 Å². The molecule has 3 rings (SSSR count). The SMILES string of the molecule is CC(C)(C)OC(=O)Nc1cnc2ccc(C(F)(F)F)nc2c1C1CC1. The Morgan fingerprint density at radius 2 is 1.92 bits per heavy atom. The summed E-state index contributed by atoms with van der Waals surface area (Å²) in [6.07, 6.45) is -2.11. The number of nitrogens with one attached hydrogen (secondary N) is 1. The van der Waals surface area contributed by atoms with E-state index in [1.165, 1.54) is 12.3 Å². The maximum absolute atomic E-state index is 13.0. The monoisotopic (exact) mass is 353 g/mol. The highest BCUT2D eigenvalue weighted by atomic mass is 19.4. The van der Waals surface area contributed by atoms with Gasteiger partial charge in [-0.2, -0.15) is 13.2 Å². The van der Waals surface area contributed by atoms with Crippen LogP contribution in [0.2, 0.25) is 0 Å². The molecule has 25 heavy (non-hydrogen) atoms. The van der Waals surface area contributed by atoms with Crippen LogP contribution in [0.5, 0.6) is 0 Å². The van der Waals surface area contributed by atoms with Crippen molar-refractivity contribution in [2.24, 2.45) is 0 Å². The highest BCUT2D eigenvalue weighted by Crippen LogP contribution is 2.46. The number of aromatic nitrogens is 2. The lowest BCUT2D eigenvalue weighted by molar-refractivity contribution is -0.140. The predicted octanol–water partition coefficient (Wildman–Crippen LogP) is 4.87. The number of carbonyl (C=O) groups excluding carboxylic acids is 1.